The predicted molar refractivity (Wildman–Crippen MR) is 73.3 cm³/mol. The van der Waals surface area contributed by atoms with Crippen LogP contribution in [0, 0.1) is 0 Å². The SMILES string of the molecule is NC1CCC(Nc2ccc(-c3ccn[nH]3)cc2)C1. The molecule has 94 valence electrons. The van der Waals surface area contributed by atoms with Gasteiger partial charge in [0.2, 0.25) is 0 Å². The second kappa shape index (κ2) is 4.82. The Hall–Kier alpha value is -1.81. The third-order valence-corrected chi connectivity index (χ3v) is 3.54. The Bertz CT molecular complexity index is 489. The van der Waals surface area contributed by atoms with Crippen molar-refractivity contribution >= 4 is 5.69 Å². The summed E-state index contributed by atoms with van der Waals surface area (Å²) >= 11 is 0. The molecule has 1 aliphatic carbocycles. The van der Waals surface area contributed by atoms with Crippen molar-refractivity contribution in [2.24, 2.45) is 5.73 Å². The third kappa shape index (κ3) is 2.38. The summed E-state index contributed by atoms with van der Waals surface area (Å²) in [6, 6.07) is 11.3. The van der Waals surface area contributed by atoms with Crippen LogP contribution in [0.15, 0.2) is 36.5 Å². The van der Waals surface area contributed by atoms with Crippen LogP contribution in [0.2, 0.25) is 0 Å². The highest BCUT2D eigenvalue weighted by atomic mass is 15.1. The van der Waals surface area contributed by atoms with Crippen molar-refractivity contribution in [3.05, 3.63) is 36.5 Å². The first-order chi connectivity index (χ1) is 8.81. The maximum Gasteiger partial charge on any atom is 0.0650 e. The molecule has 1 aromatic heterocycles. The van der Waals surface area contributed by atoms with Gasteiger partial charge in [0.15, 0.2) is 0 Å². The van der Waals surface area contributed by atoms with E-state index in [0.717, 1.165) is 29.8 Å². The summed E-state index contributed by atoms with van der Waals surface area (Å²) in [5, 5.41) is 10.5. The number of benzene rings is 1. The molecule has 4 heteroatoms. The Kier molecular flexibility index (Phi) is 3.02. The van der Waals surface area contributed by atoms with Crippen LogP contribution in [0.4, 0.5) is 5.69 Å². The minimum Gasteiger partial charge on any atom is -0.382 e. The minimum absolute atomic E-state index is 0.367. The van der Waals surface area contributed by atoms with E-state index in [1.807, 2.05) is 6.07 Å². The number of anilines is 1. The Labute approximate surface area is 107 Å². The molecule has 0 amide bonds. The van der Waals surface area contributed by atoms with Gasteiger partial charge in [0.25, 0.3) is 0 Å². The number of hydrogen-bond acceptors (Lipinski definition) is 3. The second-order valence-electron chi connectivity index (χ2n) is 4.96. The number of nitrogens with one attached hydrogen (secondary N) is 2. The fourth-order valence-corrected chi connectivity index (χ4v) is 2.55. The average molecular weight is 242 g/mol. The van der Waals surface area contributed by atoms with Crippen LogP contribution in [0.5, 0.6) is 0 Å². The summed E-state index contributed by atoms with van der Waals surface area (Å²) in [5.74, 6) is 0. The van der Waals surface area contributed by atoms with Crippen molar-refractivity contribution in [3.63, 3.8) is 0 Å². The smallest absolute Gasteiger partial charge is 0.0650 e. The summed E-state index contributed by atoms with van der Waals surface area (Å²) in [6.45, 7) is 0. The van der Waals surface area contributed by atoms with E-state index in [4.69, 9.17) is 5.73 Å². The Morgan fingerprint density at radius 1 is 1.17 bits per heavy atom. The van der Waals surface area contributed by atoms with E-state index in [-0.39, 0.29) is 0 Å². The van der Waals surface area contributed by atoms with E-state index in [9.17, 15) is 0 Å². The van der Waals surface area contributed by atoms with Gasteiger partial charge in [-0.2, -0.15) is 5.10 Å². The zero-order valence-electron chi connectivity index (χ0n) is 10.3. The maximum atomic E-state index is 5.92. The molecule has 0 spiro atoms. The van der Waals surface area contributed by atoms with Gasteiger partial charge in [-0.15, -0.1) is 0 Å². The fraction of sp³-hybridized carbons (Fsp3) is 0.357. The number of H-pyrrole nitrogens is 1. The number of hydrogen-bond donors (Lipinski definition) is 3. The lowest BCUT2D eigenvalue weighted by molar-refractivity contribution is 0.688. The van der Waals surface area contributed by atoms with Gasteiger partial charge >= 0.3 is 0 Å². The fourth-order valence-electron chi connectivity index (χ4n) is 2.55. The molecule has 18 heavy (non-hydrogen) atoms. The molecule has 1 aliphatic rings. The van der Waals surface area contributed by atoms with Gasteiger partial charge in [-0.25, -0.2) is 0 Å². The minimum atomic E-state index is 0.367. The summed E-state index contributed by atoms with van der Waals surface area (Å²) in [7, 11) is 0. The number of rotatable bonds is 3. The van der Waals surface area contributed by atoms with E-state index in [1.165, 1.54) is 6.42 Å². The molecule has 4 nitrogen and oxygen atoms in total. The van der Waals surface area contributed by atoms with Gasteiger partial charge in [-0.05, 0) is 43.0 Å². The van der Waals surface area contributed by atoms with Gasteiger partial charge in [-0.1, -0.05) is 12.1 Å². The molecule has 2 aromatic rings. The Morgan fingerprint density at radius 3 is 2.61 bits per heavy atom. The van der Waals surface area contributed by atoms with Crippen molar-refractivity contribution in [2.45, 2.75) is 31.3 Å². The van der Waals surface area contributed by atoms with Crippen LogP contribution in [0.1, 0.15) is 19.3 Å². The van der Waals surface area contributed by atoms with E-state index in [0.29, 0.717) is 12.1 Å². The molecule has 0 bridgehead atoms. The van der Waals surface area contributed by atoms with Gasteiger partial charge in [0, 0.05) is 24.0 Å². The molecule has 0 saturated heterocycles. The third-order valence-electron chi connectivity index (χ3n) is 3.54. The van der Waals surface area contributed by atoms with Crippen LogP contribution < -0.4 is 11.1 Å². The van der Waals surface area contributed by atoms with E-state index in [2.05, 4.69) is 39.8 Å². The normalized spacial score (nSPS) is 23.2. The summed E-state index contributed by atoms with van der Waals surface area (Å²) < 4.78 is 0. The molecule has 4 N–H and O–H groups in total. The zero-order valence-corrected chi connectivity index (χ0v) is 10.3. The van der Waals surface area contributed by atoms with Crippen LogP contribution in [-0.4, -0.2) is 22.3 Å². The summed E-state index contributed by atoms with van der Waals surface area (Å²) in [6.07, 6.45) is 5.14. The molecular formula is C14H18N4. The van der Waals surface area contributed by atoms with E-state index in [1.54, 1.807) is 6.20 Å². The molecule has 2 atom stereocenters. The molecule has 2 unspecified atom stereocenters. The predicted octanol–water partition coefficient (Wildman–Crippen LogP) is 2.37. The molecule has 1 aromatic carbocycles. The average Bonchev–Trinajstić information content (AvgIpc) is 3.02. The first-order valence-electron chi connectivity index (χ1n) is 6.43. The number of aromatic nitrogens is 2. The van der Waals surface area contributed by atoms with Crippen LogP contribution >= 0.6 is 0 Å². The van der Waals surface area contributed by atoms with Crippen molar-refractivity contribution in [3.8, 4) is 11.3 Å². The maximum absolute atomic E-state index is 5.92. The Balaban J connectivity index is 1.68. The number of nitrogens with two attached hydrogens (primary N) is 1. The highest BCUT2D eigenvalue weighted by Gasteiger charge is 2.21. The van der Waals surface area contributed by atoms with Gasteiger partial charge in [0.05, 0.1) is 5.69 Å². The lowest BCUT2D eigenvalue weighted by atomic mass is 10.1. The van der Waals surface area contributed by atoms with Gasteiger partial charge < -0.3 is 11.1 Å². The monoisotopic (exact) mass is 242 g/mol. The molecule has 1 heterocycles. The highest BCUT2D eigenvalue weighted by Crippen LogP contribution is 2.23. The first-order valence-corrected chi connectivity index (χ1v) is 6.43. The van der Waals surface area contributed by atoms with Crippen LogP contribution in [0.25, 0.3) is 11.3 Å². The summed E-state index contributed by atoms with van der Waals surface area (Å²) in [5.41, 5.74) is 9.28. The lowest BCUT2D eigenvalue weighted by Crippen LogP contribution is -2.20. The molecular weight excluding hydrogens is 224 g/mol. The highest BCUT2D eigenvalue weighted by molar-refractivity contribution is 5.62. The van der Waals surface area contributed by atoms with Crippen LogP contribution in [0.3, 0.4) is 0 Å². The van der Waals surface area contributed by atoms with Crippen molar-refractivity contribution in [1.29, 1.82) is 0 Å². The van der Waals surface area contributed by atoms with Crippen LogP contribution in [-0.2, 0) is 0 Å². The lowest BCUT2D eigenvalue weighted by Gasteiger charge is -2.14. The van der Waals surface area contributed by atoms with Gasteiger partial charge in [0.1, 0.15) is 0 Å². The molecule has 0 radical (unpaired) electrons. The molecule has 3 rings (SSSR count). The summed E-state index contributed by atoms with van der Waals surface area (Å²) in [4.78, 5) is 0. The number of aromatic amines is 1. The van der Waals surface area contributed by atoms with Crippen molar-refractivity contribution in [2.75, 3.05) is 5.32 Å². The largest absolute Gasteiger partial charge is 0.382 e. The standard InChI is InChI=1S/C14H18N4/c15-11-3-6-13(9-11)17-12-4-1-10(2-5-12)14-7-8-16-18-14/h1-2,4-5,7-8,11,13,17H,3,6,9,15H2,(H,16,18). The Morgan fingerprint density at radius 2 is 2.00 bits per heavy atom. The van der Waals surface area contributed by atoms with Crippen molar-refractivity contribution in [1.82, 2.24) is 10.2 Å². The van der Waals surface area contributed by atoms with E-state index < -0.39 is 0 Å². The van der Waals surface area contributed by atoms with Gasteiger partial charge in [-0.3, -0.25) is 5.10 Å². The molecule has 0 aliphatic heterocycles. The topological polar surface area (TPSA) is 66.7 Å². The quantitative estimate of drug-likeness (QED) is 0.774. The molecule has 1 fully saturated rings. The number of nitrogens with zero attached hydrogens (tertiary/aromatic N) is 1. The molecule has 1 saturated carbocycles. The van der Waals surface area contributed by atoms with Crippen molar-refractivity contribution < 1.29 is 0 Å². The van der Waals surface area contributed by atoms with E-state index >= 15 is 0 Å². The second-order valence-corrected chi connectivity index (χ2v) is 4.96. The zero-order chi connectivity index (χ0) is 12.4. The first kappa shape index (κ1) is 11.3.